The lowest BCUT2D eigenvalue weighted by molar-refractivity contribution is -0.137. The third-order valence-corrected chi connectivity index (χ3v) is 5.33. The zero-order chi connectivity index (χ0) is 23.3. The Hall–Kier alpha value is -3.36. The number of carbonyl (C=O) groups is 3. The molecule has 6 nitrogen and oxygen atoms in total. The van der Waals surface area contributed by atoms with E-state index in [-0.39, 0.29) is 29.2 Å². The van der Waals surface area contributed by atoms with Gasteiger partial charge >= 0.3 is 6.18 Å². The summed E-state index contributed by atoms with van der Waals surface area (Å²) in [6, 6.07) is 11.3. The van der Waals surface area contributed by atoms with Crippen LogP contribution in [0.4, 0.5) is 18.9 Å². The van der Waals surface area contributed by atoms with Crippen LogP contribution in [0.3, 0.4) is 0 Å². The zero-order valence-corrected chi connectivity index (χ0v) is 17.5. The number of halogens is 3. The highest BCUT2D eigenvalue weighted by Gasteiger charge is 2.31. The molecule has 0 spiro atoms. The van der Waals surface area contributed by atoms with Crippen molar-refractivity contribution in [1.82, 2.24) is 10.2 Å². The van der Waals surface area contributed by atoms with Gasteiger partial charge in [-0.3, -0.25) is 14.4 Å². The maximum Gasteiger partial charge on any atom is 0.416 e. The molecule has 3 amide bonds. The summed E-state index contributed by atoms with van der Waals surface area (Å²) in [4.78, 5) is 37.8. The standard InChI is InChI=1S/C23H24F3N3O3/c1-15(30)28-20-4-2-3-16(13-20)14-27-21(31)17-9-11-29(12-10-17)22(32)18-5-7-19(8-6-18)23(24,25)26/h2-8,13,17H,9-12,14H2,1H3,(H,27,31)(H,28,30). The first-order valence-corrected chi connectivity index (χ1v) is 10.2. The SMILES string of the molecule is CC(=O)Nc1cccc(CNC(=O)C2CCN(C(=O)c3ccc(C(F)(F)F)cc3)CC2)c1. The summed E-state index contributed by atoms with van der Waals surface area (Å²) in [6.07, 6.45) is -3.49. The van der Waals surface area contributed by atoms with Crippen molar-refractivity contribution in [2.75, 3.05) is 18.4 Å². The Morgan fingerprint density at radius 3 is 2.28 bits per heavy atom. The molecule has 1 aliphatic heterocycles. The molecule has 1 heterocycles. The number of piperidine rings is 1. The fourth-order valence-electron chi connectivity index (χ4n) is 3.62. The average Bonchev–Trinajstić information content (AvgIpc) is 2.76. The van der Waals surface area contributed by atoms with Gasteiger partial charge in [-0.1, -0.05) is 12.1 Å². The van der Waals surface area contributed by atoms with Crippen LogP contribution in [0.1, 0.15) is 41.3 Å². The molecule has 1 saturated heterocycles. The minimum absolute atomic E-state index is 0.114. The van der Waals surface area contributed by atoms with Crippen LogP contribution < -0.4 is 10.6 Å². The highest BCUT2D eigenvalue weighted by molar-refractivity contribution is 5.94. The van der Waals surface area contributed by atoms with Gasteiger partial charge in [0.05, 0.1) is 5.56 Å². The van der Waals surface area contributed by atoms with Crippen molar-refractivity contribution in [3.05, 3.63) is 65.2 Å². The predicted octanol–water partition coefficient (Wildman–Crippen LogP) is 3.83. The summed E-state index contributed by atoms with van der Waals surface area (Å²) in [7, 11) is 0. The first-order valence-electron chi connectivity index (χ1n) is 10.2. The molecule has 32 heavy (non-hydrogen) atoms. The Balaban J connectivity index is 1.49. The highest BCUT2D eigenvalue weighted by Crippen LogP contribution is 2.29. The number of benzene rings is 2. The molecule has 0 aromatic heterocycles. The Morgan fingerprint density at radius 2 is 1.69 bits per heavy atom. The van der Waals surface area contributed by atoms with E-state index in [1.54, 1.807) is 23.1 Å². The molecule has 0 aliphatic carbocycles. The third kappa shape index (κ3) is 6.09. The Kier molecular flexibility index (Phi) is 7.17. The summed E-state index contributed by atoms with van der Waals surface area (Å²) in [6.45, 7) is 2.45. The Labute approximate surface area is 183 Å². The van der Waals surface area contributed by atoms with Crippen molar-refractivity contribution < 1.29 is 27.6 Å². The minimum Gasteiger partial charge on any atom is -0.352 e. The van der Waals surface area contributed by atoms with Crippen LogP contribution >= 0.6 is 0 Å². The van der Waals surface area contributed by atoms with E-state index in [0.29, 0.717) is 38.2 Å². The van der Waals surface area contributed by atoms with Crippen molar-refractivity contribution in [2.24, 2.45) is 5.92 Å². The van der Waals surface area contributed by atoms with Gasteiger partial charge in [-0.15, -0.1) is 0 Å². The lowest BCUT2D eigenvalue weighted by Crippen LogP contribution is -2.42. The van der Waals surface area contributed by atoms with Gasteiger partial charge in [0.2, 0.25) is 11.8 Å². The topological polar surface area (TPSA) is 78.5 Å². The van der Waals surface area contributed by atoms with E-state index in [9.17, 15) is 27.6 Å². The maximum absolute atomic E-state index is 12.7. The number of alkyl halides is 3. The van der Waals surface area contributed by atoms with Crippen molar-refractivity contribution in [2.45, 2.75) is 32.5 Å². The Bertz CT molecular complexity index is 982. The van der Waals surface area contributed by atoms with Crippen molar-refractivity contribution in [3.63, 3.8) is 0 Å². The van der Waals surface area contributed by atoms with Gasteiger partial charge in [-0.25, -0.2) is 0 Å². The largest absolute Gasteiger partial charge is 0.416 e. The molecule has 9 heteroatoms. The number of rotatable bonds is 5. The fourth-order valence-corrected chi connectivity index (χ4v) is 3.62. The minimum atomic E-state index is -4.45. The monoisotopic (exact) mass is 447 g/mol. The summed E-state index contributed by atoms with van der Waals surface area (Å²) in [5, 5.41) is 5.57. The van der Waals surface area contributed by atoms with Crippen molar-refractivity contribution in [1.29, 1.82) is 0 Å². The predicted molar refractivity (Wildman–Crippen MR) is 113 cm³/mol. The Morgan fingerprint density at radius 1 is 1.03 bits per heavy atom. The zero-order valence-electron chi connectivity index (χ0n) is 17.5. The molecule has 0 bridgehead atoms. The molecule has 0 unspecified atom stereocenters. The molecular weight excluding hydrogens is 423 g/mol. The number of hydrogen-bond donors (Lipinski definition) is 2. The maximum atomic E-state index is 12.7. The van der Waals surface area contributed by atoms with Crippen molar-refractivity contribution >= 4 is 23.4 Å². The molecule has 2 aromatic carbocycles. The lowest BCUT2D eigenvalue weighted by atomic mass is 9.95. The summed E-state index contributed by atoms with van der Waals surface area (Å²) >= 11 is 0. The quantitative estimate of drug-likeness (QED) is 0.731. The smallest absolute Gasteiger partial charge is 0.352 e. The molecular formula is C23H24F3N3O3. The molecule has 2 N–H and O–H groups in total. The van der Waals surface area contributed by atoms with Gasteiger partial charge in [-0.2, -0.15) is 13.2 Å². The summed E-state index contributed by atoms with van der Waals surface area (Å²) in [5.74, 6) is -0.877. The molecule has 170 valence electrons. The highest BCUT2D eigenvalue weighted by atomic mass is 19.4. The molecule has 3 rings (SSSR count). The van der Waals surface area contributed by atoms with Gasteiger partial charge in [-0.05, 0) is 54.8 Å². The molecule has 2 aromatic rings. The normalized spacial score (nSPS) is 14.7. The van der Waals surface area contributed by atoms with Crippen LogP contribution in [0, 0.1) is 5.92 Å². The van der Waals surface area contributed by atoms with Crippen LogP contribution in [0.2, 0.25) is 0 Å². The average molecular weight is 447 g/mol. The molecule has 0 saturated carbocycles. The van der Waals surface area contributed by atoms with Crippen LogP contribution in [0.25, 0.3) is 0 Å². The van der Waals surface area contributed by atoms with E-state index in [1.165, 1.54) is 19.1 Å². The van der Waals surface area contributed by atoms with Crippen LogP contribution in [-0.2, 0) is 22.3 Å². The number of nitrogens with zero attached hydrogens (tertiary/aromatic N) is 1. The van der Waals surface area contributed by atoms with Gasteiger partial charge in [0.1, 0.15) is 0 Å². The first-order chi connectivity index (χ1) is 15.1. The first kappa shape index (κ1) is 23.3. The molecule has 1 fully saturated rings. The summed E-state index contributed by atoms with van der Waals surface area (Å²) in [5.41, 5.74) is 0.894. The number of amides is 3. The van der Waals surface area contributed by atoms with Gasteiger partial charge in [0.25, 0.3) is 5.91 Å². The number of anilines is 1. The number of likely N-dealkylation sites (tertiary alicyclic amines) is 1. The van der Waals surface area contributed by atoms with Gasteiger partial charge in [0.15, 0.2) is 0 Å². The second-order valence-corrected chi connectivity index (χ2v) is 7.74. The van der Waals surface area contributed by atoms with E-state index in [0.717, 1.165) is 17.7 Å². The van der Waals surface area contributed by atoms with E-state index in [1.807, 2.05) is 6.07 Å². The molecule has 0 atom stereocenters. The second-order valence-electron chi connectivity index (χ2n) is 7.74. The van der Waals surface area contributed by atoms with Crippen molar-refractivity contribution in [3.8, 4) is 0 Å². The number of nitrogens with one attached hydrogen (secondary N) is 2. The van der Waals surface area contributed by atoms with Crippen LogP contribution in [-0.4, -0.2) is 35.7 Å². The van der Waals surface area contributed by atoms with E-state index in [2.05, 4.69) is 10.6 Å². The van der Waals surface area contributed by atoms with Gasteiger partial charge < -0.3 is 15.5 Å². The molecule has 1 aliphatic rings. The number of hydrogen-bond acceptors (Lipinski definition) is 3. The number of carbonyl (C=O) groups excluding carboxylic acids is 3. The third-order valence-electron chi connectivity index (χ3n) is 5.33. The van der Waals surface area contributed by atoms with Gasteiger partial charge in [0, 0.05) is 43.7 Å². The fraction of sp³-hybridized carbons (Fsp3) is 0.348. The lowest BCUT2D eigenvalue weighted by Gasteiger charge is -2.31. The van der Waals surface area contributed by atoms with E-state index >= 15 is 0 Å². The van der Waals surface area contributed by atoms with Crippen LogP contribution in [0.15, 0.2) is 48.5 Å². The van der Waals surface area contributed by atoms with E-state index in [4.69, 9.17) is 0 Å². The van der Waals surface area contributed by atoms with Crippen LogP contribution in [0.5, 0.6) is 0 Å². The molecule has 0 radical (unpaired) electrons. The summed E-state index contributed by atoms with van der Waals surface area (Å²) < 4.78 is 38.1. The second kappa shape index (κ2) is 9.84. The van der Waals surface area contributed by atoms with E-state index < -0.39 is 11.7 Å².